The molecule has 0 spiro atoms. The van der Waals surface area contributed by atoms with E-state index in [2.05, 4.69) is 31.9 Å². The first-order valence-corrected chi connectivity index (χ1v) is 11.4. The Bertz CT molecular complexity index is 1330. The second-order valence-corrected chi connectivity index (χ2v) is 9.13. The van der Waals surface area contributed by atoms with E-state index in [9.17, 15) is 19.2 Å². The molecule has 1 aliphatic heterocycles. The Balaban J connectivity index is 1.51. The van der Waals surface area contributed by atoms with E-state index in [0.29, 0.717) is 21.5 Å². The first-order valence-electron chi connectivity index (χ1n) is 10.2. The van der Waals surface area contributed by atoms with E-state index in [-0.39, 0.29) is 30.9 Å². The fraction of sp³-hybridized carbons (Fsp3) is 0.217. The summed E-state index contributed by atoms with van der Waals surface area (Å²) in [7, 11) is 0. The zero-order valence-electron chi connectivity index (χ0n) is 17.6. The Hall–Kier alpha value is -3.17. The zero-order valence-corrected chi connectivity index (χ0v) is 19.9. The van der Waals surface area contributed by atoms with Gasteiger partial charge in [0, 0.05) is 29.0 Å². The lowest BCUT2D eigenvalue weighted by Crippen LogP contribution is -2.44. The number of urea groups is 1. The highest BCUT2D eigenvalue weighted by Crippen LogP contribution is 2.29. The molecule has 3 aromatic rings. The summed E-state index contributed by atoms with van der Waals surface area (Å²) in [6.07, 6.45) is 2.03. The molecule has 1 saturated heterocycles. The van der Waals surface area contributed by atoms with Crippen LogP contribution in [0.4, 0.5) is 10.5 Å². The van der Waals surface area contributed by atoms with Crippen LogP contribution in [0, 0.1) is 6.92 Å². The molecule has 0 saturated carbocycles. The number of anilines is 1. The molecule has 8 nitrogen and oxygen atoms in total. The molecule has 2 aromatic carbocycles. The predicted octanol–water partition coefficient (Wildman–Crippen LogP) is 4.03. The molecule has 3 N–H and O–H groups in total. The SMILES string of the molecule is Cc1cc(Br)cc(Cl)c1NC(=O)NCc1ccc2ccn(C3CCC(=O)NC3=O)c(=O)c2c1. The summed E-state index contributed by atoms with van der Waals surface area (Å²) in [5, 5.41) is 9.33. The number of hydrogen-bond donors (Lipinski definition) is 3. The molecule has 2 heterocycles. The number of halogens is 2. The number of piperidine rings is 1. The second kappa shape index (κ2) is 9.36. The standard InChI is InChI=1S/C23H20BrClN4O4/c1-12-8-15(24)10-17(25)20(12)28-23(33)26-11-13-2-3-14-6-7-29(22(32)16(14)9-13)18-4-5-19(30)27-21(18)31/h2-3,6-10,18H,4-5,11H2,1H3,(H2,26,28,33)(H,27,30,31). The van der Waals surface area contributed by atoms with Crippen LogP contribution >= 0.6 is 27.5 Å². The van der Waals surface area contributed by atoms with Crippen LogP contribution in [-0.2, 0) is 16.1 Å². The highest BCUT2D eigenvalue weighted by Gasteiger charge is 2.28. The fourth-order valence-corrected chi connectivity index (χ4v) is 4.82. The minimum Gasteiger partial charge on any atom is -0.334 e. The van der Waals surface area contributed by atoms with Gasteiger partial charge in [-0.25, -0.2) is 4.79 Å². The lowest BCUT2D eigenvalue weighted by molar-refractivity contribution is -0.135. The number of hydrogen-bond acceptors (Lipinski definition) is 4. The molecule has 4 rings (SSSR count). The maximum atomic E-state index is 13.1. The third-order valence-electron chi connectivity index (χ3n) is 5.49. The van der Waals surface area contributed by atoms with Crippen molar-refractivity contribution >= 4 is 61.8 Å². The number of carbonyl (C=O) groups is 3. The lowest BCUT2D eigenvalue weighted by atomic mass is 10.0. The molecule has 170 valence electrons. The summed E-state index contributed by atoms with van der Waals surface area (Å²) >= 11 is 9.58. The maximum Gasteiger partial charge on any atom is 0.319 e. The van der Waals surface area contributed by atoms with Crippen LogP contribution < -0.4 is 21.5 Å². The molecule has 10 heteroatoms. The molecule has 0 aliphatic carbocycles. The number of carbonyl (C=O) groups excluding carboxylic acids is 3. The monoisotopic (exact) mass is 530 g/mol. The Morgan fingerprint density at radius 3 is 2.73 bits per heavy atom. The molecule has 0 bridgehead atoms. The van der Waals surface area contributed by atoms with Gasteiger partial charge in [-0.05, 0) is 54.1 Å². The van der Waals surface area contributed by atoms with Crippen molar-refractivity contribution in [3.8, 4) is 0 Å². The van der Waals surface area contributed by atoms with Crippen molar-refractivity contribution in [2.45, 2.75) is 32.4 Å². The molecule has 4 amide bonds. The largest absolute Gasteiger partial charge is 0.334 e. The van der Waals surface area contributed by atoms with E-state index in [4.69, 9.17) is 11.6 Å². The number of aromatic nitrogens is 1. The number of imide groups is 1. The van der Waals surface area contributed by atoms with Gasteiger partial charge in [0.05, 0.1) is 10.7 Å². The smallest absolute Gasteiger partial charge is 0.319 e. The number of nitrogens with one attached hydrogen (secondary N) is 3. The molecular weight excluding hydrogens is 512 g/mol. The highest BCUT2D eigenvalue weighted by atomic mass is 79.9. The topological polar surface area (TPSA) is 109 Å². The first kappa shape index (κ1) is 23.0. The van der Waals surface area contributed by atoms with Gasteiger partial charge in [0.25, 0.3) is 5.56 Å². The van der Waals surface area contributed by atoms with Gasteiger partial charge in [0.2, 0.25) is 11.8 Å². The van der Waals surface area contributed by atoms with Crippen LogP contribution in [0.1, 0.15) is 30.0 Å². The Kier molecular flexibility index (Phi) is 6.53. The number of aryl methyl sites for hydroxylation is 1. The summed E-state index contributed by atoms with van der Waals surface area (Å²) in [5.74, 6) is -0.819. The van der Waals surface area contributed by atoms with Gasteiger partial charge in [-0.15, -0.1) is 0 Å². The van der Waals surface area contributed by atoms with E-state index in [1.807, 2.05) is 19.1 Å². The number of benzene rings is 2. The van der Waals surface area contributed by atoms with Gasteiger partial charge in [-0.3, -0.25) is 19.7 Å². The number of rotatable bonds is 4. The van der Waals surface area contributed by atoms with E-state index < -0.39 is 18.0 Å². The zero-order chi connectivity index (χ0) is 23.7. The lowest BCUT2D eigenvalue weighted by Gasteiger charge is -2.23. The summed E-state index contributed by atoms with van der Waals surface area (Å²) in [4.78, 5) is 49.1. The highest BCUT2D eigenvalue weighted by molar-refractivity contribution is 9.10. The summed E-state index contributed by atoms with van der Waals surface area (Å²) in [5.41, 5.74) is 1.72. The normalized spacial score (nSPS) is 15.9. The van der Waals surface area contributed by atoms with Gasteiger partial charge in [-0.1, -0.05) is 39.7 Å². The van der Waals surface area contributed by atoms with Gasteiger partial charge >= 0.3 is 6.03 Å². The average Bonchev–Trinajstić information content (AvgIpc) is 2.76. The van der Waals surface area contributed by atoms with E-state index in [1.165, 1.54) is 4.57 Å². The molecule has 1 aliphatic rings. The molecule has 0 radical (unpaired) electrons. The molecule has 1 fully saturated rings. The van der Waals surface area contributed by atoms with Gasteiger partial charge in [0.1, 0.15) is 6.04 Å². The second-order valence-electron chi connectivity index (χ2n) is 7.80. The molecular formula is C23H20BrClN4O4. The van der Waals surface area contributed by atoms with E-state index in [0.717, 1.165) is 15.6 Å². The van der Waals surface area contributed by atoms with Gasteiger partial charge < -0.3 is 15.2 Å². The summed E-state index contributed by atoms with van der Waals surface area (Å²) < 4.78 is 2.17. The molecule has 1 unspecified atom stereocenters. The van der Waals surface area contributed by atoms with Crippen molar-refractivity contribution in [3.63, 3.8) is 0 Å². The summed E-state index contributed by atoms with van der Waals surface area (Å²) in [6.45, 7) is 2.02. The van der Waals surface area contributed by atoms with Crippen molar-refractivity contribution in [2.75, 3.05) is 5.32 Å². The molecule has 1 atom stereocenters. The Morgan fingerprint density at radius 2 is 2.00 bits per heavy atom. The van der Waals surface area contributed by atoms with Crippen LogP contribution in [0.25, 0.3) is 10.8 Å². The van der Waals surface area contributed by atoms with Crippen LogP contribution in [0.2, 0.25) is 5.02 Å². The summed E-state index contributed by atoms with van der Waals surface area (Å²) in [6, 6.07) is 9.43. The van der Waals surface area contributed by atoms with Crippen molar-refractivity contribution in [2.24, 2.45) is 0 Å². The van der Waals surface area contributed by atoms with Crippen LogP contribution in [0.5, 0.6) is 0 Å². The van der Waals surface area contributed by atoms with Crippen LogP contribution in [-0.4, -0.2) is 22.4 Å². The maximum absolute atomic E-state index is 13.1. The number of fused-ring (bicyclic) bond motifs is 1. The minimum absolute atomic E-state index is 0.182. The van der Waals surface area contributed by atoms with Crippen LogP contribution in [0.3, 0.4) is 0 Å². The number of nitrogens with zero attached hydrogens (tertiary/aromatic N) is 1. The van der Waals surface area contributed by atoms with Crippen molar-refractivity contribution in [1.29, 1.82) is 0 Å². The van der Waals surface area contributed by atoms with Crippen molar-refractivity contribution < 1.29 is 14.4 Å². The van der Waals surface area contributed by atoms with Gasteiger partial charge in [-0.2, -0.15) is 0 Å². The van der Waals surface area contributed by atoms with Crippen molar-refractivity contribution in [1.82, 2.24) is 15.2 Å². The Morgan fingerprint density at radius 1 is 1.21 bits per heavy atom. The Labute approximate surface area is 202 Å². The average molecular weight is 532 g/mol. The quantitative estimate of drug-likeness (QED) is 0.442. The predicted molar refractivity (Wildman–Crippen MR) is 129 cm³/mol. The third kappa shape index (κ3) is 4.94. The van der Waals surface area contributed by atoms with E-state index in [1.54, 1.807) is 30.5 Å². The van der Waals surface area contributed by atoms with E-state index >= 15 is 0 Å². The van der Waals surface area contributed by atoms with Crippen molar-refractivity contribution in [3.05, 3.63) is 73.6 Å². The number of amides is 4. The van der Waals surface area contributed by atoms with Gasteiger partial charge in [0.15, 0.2) is 0 Å². The first-order chi connectivity index (χ1) is 15.7. The minimum atomic E-state index is -0.731. The fourth-order valence-electron chi connectivity index (χ4n) is 3.80. The number of pyridine rings is 1. The third-order valence-corrected chi connectivity index (χ3v) is 6.24. The van der Waals surface area contributed by atoms with Crippen LogP contribution in [0.15, 0.2) is 51.9 Å². The molecule has 33 heavy (non-hydrogen) atoms. The molecule has 1 aromatic heterocycles.